The molecule has 2 atom stereocenters. The van der Waals surface area contributed by atoms with Crippen molar-refractivity contribution < 1.29 is 14.6 Å². The van der Waals surface area contributed by atoms with Gasteiger partial charge in [-0.05, 0) is 35.2 Å². The smallest absolute Gasteiger partial charge is 0.307 e. The number of rotatable bonds is 8. The van der Waals surface area contributed by atoms with Crippen LogP contribution in [0.5, 0.6) is 0 Å². The molecule has 0 saturated carbocycles. The van der Waals surface area contributed by atoms with E-state index in [1.165, 1.54) is 0 Å². The fourth-order valence-corrected chi connectivity index (χ4v) is 3.75. The maximum Gasteiger partial charge on any atom is 0.307 e. The minimum absolute atomic E-state index is 0.0331. The van der Waals surface area contributed by atoms with Gasteiger partial charge in [0.1, 0.15) is 11.9 Å². The van der Waals surface area contributed by atoms with Crippen molar-refractivity contribution in [2.45, 2.75) is 25.0 Å². The maximum atomic E-state index is 11.0. The number of aromatic nitrogens is 1. The number of ether oxygens (including phenoxy) is 1. The summed E-state index contributed by atoms with van der Waals surface area (Å²) in [6, 6.07) is 21.8. The normalized spacial score (nSPS) is 16.1. The molecular formula is C24H25N3O3. The van der Waals surface area contributed by atoms with E-state index in [2.05, 4.69) is 27.8 Å². The van der Waals surface area contributed by atoms with E-state index in [1.54, 1.807) is 6.20 Å². The fourth-order valence-electron chi connectivity index (χ4n) is 3.75. The molecule has 0 aliphatic carbocycles. The summed E-state index contributed by atoms with van der Waals surface area (Å²) in [7, 11) is 0. The van der Waals surface area contributed by atoms with Gasteiger partial charge in [0.15, 0.2) is 0 Å². The zero-order chi connectivity index (χ0) is 20.8. The van der Waals surface area contributed by atoms with Gasteiger partial charge in [0.2, 0.25) is 0 Å². The van der Waals surface area contributed by atoms with Crippen LogP contribution in [0.3, 0.4) is 0 Å². The van der Waals surface area contributed by atoms with Gasteiger partial charge in [-0.3, -0.25) is 4.79 Å². The van der Waals surface area contributed by atoms with Crippen LogP contribution in [0.4, 0.5) is 11.5 Å². The molecule has 3 N–H and O–H groups in total. The van der Waals surface area contributed by atoms with E-state index in [9.17, 15) is 4.79 Å². The molecule has 0 amide bonds. The van der Waals surface area contributed by atoms with Crippen LogP contribution in [0.15, 0.2) is 72.9 Å². The monoisotopic (exact) mass is 403 g/mol. The van der Waals surface area contributed by atoms with Crippen molar-refractivity contribution in [3.05, 3.63) is 89.6 Å². The number of fused-ring (bicyclic) bond motifs is 1. The van der Waals surface area contributed by atoms with Crippen molar-refractivity contribution in [1.29, 1.82) is 0 Å². The third-order valence-electron chi connectivity index (χ3n) is 5.17. The number of hydrogen-bond donors (Lipinski definition) is 3. The molecule has 3 aromatic rings. The molecule has 0 fully saturated rings. The molecule has 2 aromatic carbocycles. The first kappa shape index (κ1) is 19.9. The van der Waals surface area contributed by atoms with Crippen molar-refractivity contribution in [1.82, 2.24) is 4.98 Å². The summed E-state index contributed by atoms with van der Waals surface area (Å²) in [5.74, 6) is 0.0111. The highest BCUT2D eigenvalue weighted by Gasteiger charge is 2.28. The average molecular weight is 403 g/mol. The van der Waals surface area contributed by atoms with Crippen molar-refractivity contribution in [3.63, 3.8) is 0 Å². The number of nitrogens with one attached hydrogen (secondary N) is 2. The van der Waals surface area contributed by atoms with Crippen molar-refractivity contribution in [2.75, 3.05) is 23.8 Å². The lowest BCUT2D eigenvalue weighted by molar-refractivity contribution is -0.136. The van der Waals surface area contributed by atoms with Crippen molar-refractivity contribution >= 4 is 17.5 Å². The van der Waals surface area contributed by atoms with Crippen LogP contribution in [-0.4, -0.2) is 35.3 Å². The molecule has 2 heterocycles. The molecule has 0 unspecified atom stereocenters. The third kappa shape index (κ3) is 4.96. The molecule has 1 aromatic heterocycles. The van der Waals surface area contributed by atoms with E-state index in [4.69, 9.17) is 9.84 Å². The summed E-state index contributed by atoms with van der Waals surface area (Å²) in [6.07, 6.45) is 2.38. The SMILES string of the molecule is O=C(O)Cc1cccc(CCO[C@@H](c2ccccc2)[C@H]2CNc3cccnc3N2)c1. The van der Waals surface area contributed by atoms with Crippen LogP contribution < -0.4 is 10.6 Å². The lowest BCUT2D eigenvalue weighted by atomic mass is 10.00. The zero-order valence-corrected chi connectivity index (χ0v) is 16.6. The summed E-state index contributed by atoms with van der Waals surface area (Å²) in [5, 5.41) is 16.0. The van der Waals surface area contributed by atoms with Gasteiger partial charge >= 0.3 is 5.97 Å². The molecule has 0 spiro atoms. The Morgan fingerprint density at radius 2 is 1.93 bits per heavy atom. The van der Waals surface area contributed by atoms with E-state index in [0.717, 1.165) is 34.7 Å². The predicted molar refractivity (Wildman–Crippen MR) is 117 cm³/mol. The Labute approximate surface area is 175 Å². The first-order chi connectivity index (χ1) is 14.7. The van der Waals surface area contributed by atoms with E-state index in [0.29, 0.717) is 13.0 Å². The zero-order valence-electron chi connectivity index (χ0n) is 16.6. The van der Waals surface area contributed by atoms with E-state index < -0.39 is 5.97 Å². The first-order valence-corrected chi connectivity index (χ1v) is 10.1. The second kappa shape index (κ2) is 9.41. The summed E-state index contributed by atoms with van der Waals surface area (Å²) in [4.78, 5) is 15.4. The number of anilines is 2. The first-order valence-electron chi connectivity index (χ1n) is 10.1. The van der Waals surface area contributed by atoms with Crippen LogP contribution >= 0.6 is 0 Å². The summed E-state index contributed by atoms with van der Waals surface area (Å²) < 4.78 is 6.36. The minimum atomic E-state index is -0.822. The third-order valence-corrected chi connectivity index (χ3v) is 5.17. The molecule has 30 heavy (non-hydrogen) atoms. The van der Waals surface area contributed by atoms with Crippen molar-refractivity contribution in [3.8, 4) is 0 Å². The van der Waals surface area contributed by atoms with Gasteiger partial charge in [-0.25, -0.2) is 4.98 Å². The van der Waals surface area contributed by atoms with Gasteiger partial charge in [0, 0.05) is 12.7 Å². The minimum Gasteiger partial charge on any atom is -0.481 e. The average Bonchev–Trinajstić information content (AvgIpc) is 2.77. The van der Waals surface area contributed by atoms with E-state index in [1.807, 2.05) is 54.6 Å². The quantitative estimate of drug-likeness (QED) is 0.529. The number of benzene rings is 2. The summed E-state index contributed by atoms with van der Waals surface area (Å²) in [6.45, 7) is 1.26. The number of carbonyl (C=O) groups is 1. The van der Waals surface area contributed by atoms with Crippen LogP contribution in [-0.2, 0) is 22.4 Å². The van der Waals surface area contributed by atoms with Gasteiger partial charge in [-0.2, -0.15) is 0 Å². The van der Waals surface area contributed by atoms with Crippen LogP contribution in [0, 0.1) is 0 Å². The molecule has 0 radical (unpaired) electrons. The largest absolute Gasteiger partial charge is 0.481 e. The van der Waals surface area contributed by atoms with Gasteiger partial charge in [-0.15, -0.1) is 0 Å². The Hall–Kier alpha value is -3.38. The predicted octanol–water partition coefficient (Wildman–Crippen LogP) is 3.92. The molecule has 6 nitrogen and oxygen atoms in total. The number of carboxylic acid groups (broad SMARTS) is 1. The van der Waals surface area contributed by atoms with Gasteiger partial charge < -0.3 is 20.5 Å². The highest BCUT2D eigenvalue weighted by molar-refractivity contribution is 5.70. The van der Waals surface area contributed by atoms with Gasteiger partial charge in [0.25, 0.3) is 0 Å². The molecule has 1 aliphatic rings. The highest BCUT2D eigenvalue weighted by atomic mass is 16.5. The molecule has 0 saturated heterocycles. The standard InChI is InChI=1S/C24H25N3O3/c28-22(29)15-18-7-4-6-17(14-18)11-13-30-23(19-8-2-1-3-9-19)21-16-26-20-10-5-12-25-24(20)27-21/h1-10,12,14,21,23,26H,11,13,15-16H2,(H,25,27)(H,28,29)/t21-,23+/m1/s1. The Bertz CT molecular complexity index is 994. The van der Waals surface area contributed by atoms with Crippen LogP contribution in [0.1, 0.15) is 22.8 Å². The van der Waals surface area contributed by atoms with E-state index in [-0.39, 0.29) is 18.6 Å². The number of nitrogens with zero attached hydrogens (tertiary/aromatic N) is 1. The van der Waals surface area contributed by atoms with Gasteiger partial charge in [-0.1, -0.05) is 54.6 Å². The van der Waals surface area contributed by atoms with Crippen molar-refractivity contribution in [2.24, 2.45) is 0 Å². The Morgan fingerprint density at radius 1 is 1.10 bits per heavy atom. The fraction of sp³-hybridized carbons (Fsp3) is 0.250. The number of pyridine rings is 1. The molecule has 1 aliphatic heterocycles. The van der Waals surface area contributed by atoms with Crippen LogP contribution in [0.2, 0.25) is 0 Å². The lowest BCUT2D eigenvalue weighted by Gasteiger charge is -2.33. The van der Waals surface area contributed by atoms with Crippen LogP contribution in [0.25, 0.3) is 0 Å². The number of hydrogen-bond acceptors (Lipinski definition) is 5. The molecule has 154 valence electrons. The number of aliphatic carboxylic acids is 1. The lowest BCUT2D eigenvalue weighted by Crippen LogP contribution is -2.39. The Morgan fingerprint density at radius 3 is 2.77 bits per heavy atom. The van der Waals surface area contributed by atoms with Gasteiger partial charge in [0.05, 0.1) is 24.8 Å². The topological polar surface area (TPSA) is 83.5 Å². The second-order valence-electron chi connectivity index (χ2n) is 7.37. The van der Waals surface area contributed by atoms with E-state index >= 15 is 0 Å². The summed E-state index contributed by atoms with van der Waals surface area (Å²) in [5.41, 5.74) is 3.98. The maximum absolute atomic E-state index is 11.0. The molecular weight excluding hydrogens is 378 g/mol. The Balaban J connectivity index is 1.45. The second-order valence-corrected chi connectivity index (χ2v) is 7.37. The number of carboxylic acids is 1. The molecule has 4 rings (SSSR count). The Kier molecular flexibility index (Phi) is 6.25. The molecule has 6 heteroatoms. The summed E-state index contributed by atoms with van der Waals surface area (Å²) >= 11 is 0. The highest BCUT2D eigenvalue weighted by Crippen LogP contribution is 2.30. The molecule has 0 bridgehead atoms.